The number of thioether (sulfide) groups is 1. The van der Waals surface area contributed by atoms with E-state index in [0.29, 0.717) is 5.56 Å². The molecule has 0 amide bonds. The van der Waals surface area contributed by atoms with Crippen LogP contribution < -0.4 is 0 Å². The fraction of sp³-hybridized carbons (Fsp3) is 0.417. The van der Waals surface area contributed by atoms with E-state index in [0.717, 1.165) is 23.7 Å². The van der Waals surface area contributed by atoms with Gasteiger partial charge in [0.1, 0.15) is 0 Å². The largest absolute Gasteiger partial charge is 0.478 e. The van der Waals surface area contributed by atoms with E-state index in [2.05, 4.69) is 0 Å². The van der Waals surface area contributed by atoms with Crippen molar-refractivity contribution in [2.75, 3.05) is 19.5 Å². The van der Waals surface area contributed by atoms with Gasteiger partial charge in [-0.05, 0) is 30.2 Å². The summed E-state index contributed by atoms with van der Waals surface area (Å²) in [6.45, 7) is 2.69. The fourth-order valence-electron chi connectivity index (χ4n) is 1.32. The lowest BCUT2D eigenvalue weighted by molar-refractivity contribution is 0.0697. The lowest BCUT2D eigenvalue weighted by Gasteiger charge is -2.06. The normalized spacial score (nSPS) is 10.4. The first-order valence-corrected chi connectivity index (χ1v) is 6.20. The molecule has 0 aliphatic carbocycles. The third-order valence-corrected chi connectivity index (χ3v) is 3.25. The van der Waals surface area contributed by atoms with E-state index in [1.807, 2.05) is 13.0 Å². The Labute approximate surface area is 99.8 Å². The zero-order chi connectivity index (χ0) is 12.0. The Morgan fingerprint density at radius 1 is 1.50 bits per heavy atom. The predicted molar refractivity (Wildman–Crippen MR) is 66.2 cm³/mol. The van der Waals surface area contributed by atoms with Gasteiger partial charge in [0.15, 0.2) is 0 Å². The summed E-state index contributed by atoms with van der Waals surface area (Å²) >= 11 is 1.79. The summed E-state index contributed by atoms with van der Waals surface area (Å²) < 4.78 is 4.96. The maximum Gasteiger partial charge on any atom is 0.335 e. The number of ether oxygens (including phenoxy) is 1. The Hall–Kier alpha value is -1.00. The molecule has 1 aromatic rings. The maximum absolute atomic E-state index is 10.7. The second-order valence-electron chi connectivity index (χ2n) is 3.49. The van der Waals surface area contributed by atoms with Gasteiger partial charge in [-0.1, -0.05) is 6.07 Å². The van der Waals surface area contributed by atoms with Gasteiger partial charge < -0.3 is 9.84 Å². The molecule has 0 saturated heterocycles. The number of carboxylic acids is 1. The zero-order valence-electron chi connectivity index (χ0n) is 9.53. The number of hydrogen-bond acceptors (Lipinski definition) is 3. The van der Waals surface area contributed by atoms with Crippen molar-refractivity contribution in [3.05, 3.63) is 34.9 Å². The molecule has 0 bridgehead atoms. The van der Waals surface area contributed by atoms with Crippen LogP contribution in [0.25, 0.3) is 0 Å². The molecule has 1 N–H and O–H groups in total. The average molecular weight is 240 g/mol. The molecule has 16 heavy (non-hydrogen) atoms. The quantitative estimate of drug-likeness (QED) is 0.776. The molecule has 3 nitrogen and oxygen atoms in total. The molecule has 0 spiro atoms. The molecule has 0 aliphatic rings. The molecule has 0 aliphatic heterocycles. The van der Waals surface area contributed by atoms with E-state index in [1.54, 1.807) is 31.0 Å². The molecule has 4 heteroatoms. The first-order chi connectivity index (χ1) is 7.65. The van der Waals surface area contributed by atoms with Crippen molar-refractivity contribution in [3.8, 4) is 0 Å². The minimum atomic E-state index is -0.873. The van der Waals surface area contributed by atoms with Crippen molar-refractivity contribution in [1.29, 1.82) is 0 Å². The molecule has 0 heterocycles. The van der Waals surface area contributed by atoms with E-state index >= 15 is 0 Å². The van der Waals surface area contributed by atoms with Gasteiger partial charge in [-0.2, -0.15) is 11.8 Å². The molecule has 0 fully saturated rings. The Bertz CT molecular complexity index is 363. The lowest BCUT2D eigenvalue weighted by atomic mass is 10.1. The second-order valence-corrected chi connectivity index (χ2v) is 4.60. The number of carbonyl (C=O) groups is 1. The number of aryl methyl sites for hydroxylation is 1. The van der Waals surface area contributed by atoms with Gasteiger partial charge in [0.2, 0.25) is 0 Å². The highest BCUT2D eigenvalue weighted by molar-refractivity contribution is 7.98. The number of carboxylic acid groups (broad SMARTS) is 1. The Balaban J connectivity index is 2.57. The van der Waals surface area contributed by atoms with E-state index in [1.165, 1.54) is 5.56 Å². The molecule has 0 radical (unpaired) electrons. The minimum Gasteiger partial charge on any atom is -0.478 e. The lowest BCUT2D eigenvalue weighted by Crippen LogP contribution is -1.99. The van der Waals surface area contributed by atoms with Crippen molar-refractivity contribution in [1.82, 2.24) is 0 Å². The van der Waals surface area contributed by atoms with Gasteiger partial charge in [0.25, 0.3) is 0 Å². The highest BCUT2D eigenvalue weighted by Crippen LogP contribution is 2.17. The van der Waals surface area contributed by atoms with E-state index in [9.17, 15) is 4.79 Å². The van der Waals surface area contributed by atoms with Crippen LogP contribution in [0.5, 0.6) is 0 Å². The molecule has 88 valence electrons. The highest BCUT2D eigenvalue weighted by atomic mass is 32.2. The summed E-state index contributed by atoms with van der Waals surface area (Å²) in [5.41, 5.74) is 2.57. The molecule has 0 atom stereocenters. The Morgan fingerprint density at radius 2 is 2.25 bits per heavy atom. The van der Waals surface area contributed by atoms with Crippen molar-refractivity contribution >= 4 is 17.7 Å². The number of rotatable bonds is 6. The topological polar surface area (TPSA) is 46.5 Å². The molecule has 0 aromatic heterocycles. The molecule has 0 unspecified atom stereocenters. The standard InChI is InChI=1S/C12H16O3S/c1-9-7-10(12(13)14)3-4-11(9)8-16-6-5-15-2/h3-4,7H,5-6,8H2,1-2H3,(H,13,14). The van der Waals surface area contributed by atoms with Crippen LogP contribution in [-0.4, -0.2) is 30.5 Å². The summed E-state index contributed by atoms with van der Waals surface area (Å²) in [5.74, 6) is 0.979. The monoisotopic (exact) mass is 240 g/mol. The van der Waals surface area contributed by atoms with Gasteiger partial charge in [0.05, 0.1) is 12.2 Å². The average Bonchev–Trinajstić information content (AvgIpc) is 2.26. The van der Waals surface area contributed by atoms with Crippen LogP contribution in [0.3, 0.4) is 0 Å². The number of methoxy groups -OCH3 is 1. The number of aromatic carboxylic acids is 1. The summed E-state index contributed by atoms with van der Waals surface area (Å²) in [6, 6.07) is 5.26. The summed E-state index contributed by atoms with van der Waals surface area (Å²) in [7, 11) is 1.69. The van der Waals surface area contributed by atoms with Crippen LogP contribution >= 0.6 is 11.8 Å². The molecule has 1 aromatic carbocycles. The highest BCUT2D eigenvalue weighted by Gasteiger charge is 2.05. The van der Waals surface area contributed by atoms with Gasteiger partial charge in [-0.15, -0.1) is 0 Å². The molecular weight excluding hydrogens is 224 g/mol. The number of hydrogen-bond donors (Lipinski definition) is 1. The van der Waals surface area contributed by atoms with Crippen molar-refractivity contribution in [2.24, 2.45) is 0 Å². The van der Waals surface area contributed by atoms with Crippen LogP contribution in [0.1, 0.15) is 21.5 Å². The van der Waals surface area contributed by atoms with Crippen LogP contribution in [0.2, 0.25) is 0 Å². The third-order valence-electron chi connectivity index (χ3n) is 2.28. The first-order valence-electron chi connectivity index (χ1n) is 5.04. The summed E-state index contributed by atoms with van der Waals surface area (Å²) in [6.07, 6.45) is 0. The molecular formula is C12H16O3S. The van der Waals surface area contributed by atoms with Crippen LogP contribution in [0.15, 0.2) is 18.2 Å². The number of benzene rings is 1. The third kappa shape index (κ3) is 3.87. The smallest absolute Gasteiger partial charge is 0.335 e. The van der Waals surface area contributed by atoms with Gasteiger partial charge in [-0.25, -0.2) is 4.79 Å². The van der Waals surface area contributed by atoms with Gasteiger partial charge in [0, 0.05) is 18.6 Å². The van der Waals surface area contributed by atoms with Crippen molar-refractivity contribution < 1.29 is 14.6 Å². The zero-order valence-corrected chi connectivity index (χ0v) is 10.3. The summed E-state index contributed by atoms with van der Waals surface area (Å²) in [4.78, 5) is 10.7. The molecule has 0 saturated carbocycles. The van der Waals surface area contributed by atoms with Crippen molar-refractivity contribution in [3.63, 3.8) is 0 Å². The second kappa shape index (κ2) is 6.55. The molecule has 1 rings (SSSR count). The summed E-state index contributed by atoms with van der Waals surface area (Å²) in [5, 5.41) is 8.82. The van der Waals surface area contributed by atoms with Crippen LogP contribution in [0, 0.1) is 6.92 Å². The Morgan fingerprint density at radius 3 is 2.81 bits per heavy atom. The van der Waals surface area contributed by atoms with E-state index < -0.39 is 5.97 Å². The first kappa shape index (κ1) is 13.1. The predicted octanol–water partition coefficient (Wildman–Crippen LogP) is 2.57. The van der Waals surface area contributed by atoms with Gasteiger partial charge >= 0.3 is 5.97 Å². The van der Waals surface area contributed by atoms with Crippen LogP contribution in [-0.2, 0) is 10.5 Å². The van der Waals surface area contributed by atoms with E-state index in [4.69, 9.17) is 9.84 Å². The SMILES string of the molecule is COCCSCc1ccc(C(=O)O)cc1C. The van der Waals surface area contributed by atoms with Crippen molar-refractivity contribution in [2.45, 2.75) is 12.7 Å². The Kier molecular flexibility index (Phi) is 5.35. The van der Waals surface area contributed by atoms with E-state index in [-0.39, 0.29) is 0 Å². The minimum absolute atomic E-state index is 0.350. The maximum atomic E-state index is 10.7. The van der Waals surface area contributed by atoms with Gasteiger partial charge in [-0.3, -0.25) is 0 Å². The van der Waals surface area contributed by atoms with Crippen LogP contribution in [0.4, 0.5) is 0 Å². The fourth-order valence-corrected chi connectivity index (χ4v) is 2.29.